The van der Waals surface area contributed by atoms with Gasteiger partial charge in [0.25, 0.3) is 0 Å². The predicted molar refractivity (Wildman–Crippen MR) is 73.5 cm³/mol. The van der Waals surface area contributed by atoms with Gasteiger partial charge in [0.1, 0.15) is 0 Å². The maximum Gasteiger partial charge on any atom is 0.236 e. The number of nitrogens with zero attached hydrogens (tertiary/aromatic N) is 1. The van der Waals surface area contributed by atoms with E-state index in [9.17, 15) is 9.59 Å². The highest BCUT2D eigenvalue weighted by Crippen LogP contribution is 2.38. The van der Waals surface area contributed by atoms with Gasteiger partial charge < -0.3 is 16.0 Å². The third-order valence-electron chi connectivity index (χ3n) is 3.44. The summed E-state index contributed by atoms with van der Waals surface area (Å²) in [5, 5.41) is 2.79. The average Bonchev–Trinajstić information content (AvgIpc) is 2.74. The average molecular weight is 278 g/mol. The first-order valence-corrected chi connectivity index (χ1v) is 6.14. The SMILES string of the molecule is C[C@H](N)C(=O)NCC1(C(=O)N(C)C)CCCC1.Cl. The van der Waals surface area contributed by atoms with E-state index in [4.69, 9.17) is 5.73 Å². The Morgan fingerprint density at radius 1 is 1.33 bits per heavy atom. The number of carbonyl (C=O) groups is 2. The summed E-state index contributed by atoms with van der Waals surface area (Å²) in [5.41, 5.74) is 5.08. The van der Waals surface area contributed by atoms with Crippen molar-refractivity contribution in [2.24, 2.45) is 11.1 Å². The fourth-order valence-corrected chi connectivity index (χ4v) is 2.41. The van der Waals surface area contributed by atoms with Gasteiger partial charge in [0, 0.05) is 20.6 Å². The van der Waals surface area contributed by atoms with Gasteiger partial charge in [0.15, 0.2) is 0 Å². The van der Waals surface area contributed by atoms with Crippen LogP contribution in [0.3, 0.4) is 0 Å². The molecule has 3 N–H and O–H groups in total. The van der Waals surface area contributed by atoms with Crippen molar-refractivity contribution in [3.8, 4) is 0 Å². The first kappa shape index (κ1) is 17.2. The number of rotatable bonds is 4. The van der Waals surface area contributed by atoms with Gasteiger partial charge in [-0.15, -0.1) is 12.4 Å². The van der Waals surface area contributed by atoms with Crippen LogP contribution >= 0.6 is 12.4 Å². The maximum absolute atomic E-state index is 12.2. The molecular formula is C12H24ClN3O2. The summed E-state index contributed by atoms with van der Waals surface area (Å²) >= 11 is 0. The molecule has 0 aromatic heterocycles. The molecule has 1 atom stereocenters. The normalized spacial score (nSPS) is 18.7. The molecule has 0 heterocycles. The van der Waals surface area contributed by atoms with Crippen molar-refractivity contribution in [2.75, 3.05) is 20.6 Å². The minimum Gasteiger partial charge on any atom is -0.354 e. The van der Waals surface area contributed by atoms with Crippen molar-refractivity contribution in [1.29, 1.82) is 0 Å². The van der Waals surface area contributed by atoms with E-state index in [0.717, 1.165) is 25.7 Å². The first-order chi connectivity index (χ1) is 7.89. The second kappa shape index (κ2) is 6.95. The van der Waals surface area contributed by atoms with Crippen molar-refractivity contribution in [3.05, 3.63) is 0 Å². The van der Waals surface area contributed by atoms with Gasteiger partial charge in [0.2, 0.25) is 11.8 Å². The highest BCUT2D eigenvalue weighted by atomic mass is 35.5. The molecule has 6 heteroatoms. The van der Waals surface area contributed by atoms with Gasteiger partial charge >= 0.3 is 0 Å². The van der Waals surface area contributed by atoms with Crippen LogP contribution in [0.1, 0.15) is 32.6 Å². The summed E-state index contributed by atoms with van der Waals surface area (Å²) in [4.78, 5) is 25.3. The fraction of sp³-hybridized carbons (Fsp3) is 0.833. The van der Waals surface area contributed by atoms with E-state index in [0.29, 0.717) is 6.54 Å². The van der Waals surface area contributed by atoms with Gasteiger partial charge in [-0.25, -0.2) is 0 Å². The summed E-state index contributed by atoms with van der Waals surface area (Å²) in [6, 6.07) is -0.525. The molecule has 0 saturated heterocycles. The predicted octanol–water partition coefficient (Wildman–Crippen LogP) is 0.520. The van der Waals surface area contributed by atoms with E-state index in [1.807, 2.05) is 0 Å². The van der Waals surface area contributed by atoms with E-state index >= 15 is 0 Å². The zero-order chi connectivity index (χ0) is 13.1. The Hall–Kier alpha value is -0.810. The van der Waals surface area contributed by atoms with Crippen LogP contribution in [0, 0.1) is 5.41 Å². The first-order valence-electron chi connectivity index (χ1n) is 6.14. The van der Waals surface area contributed by atoms with Crippen molar-refractivity contribution >= 4 is 24.2 Å². The molecule has 0 bridgehead atoms. The van der Waals surface area contributed by atoms with Crippen molar-refractivity contribution in [3.63, 3.8) is 0 Å². The van der Waals surface area contributed by atoms with Crippen LogP contribution in [0.4, 0.5) is 0 Å². The van der Waals surface area contributed by atoms with Crippen LogP contribution in [-0.2, 0) is 9.59 Å². The molecule has 0 radical (unpaired) electrons. The third kappa shape index (κ3) is 3.85. The van der Waals surface area contributed by atoms with Crippen LogP contribution in [0.25, 0.3) is 0 Å². The van der Waals surface area contributed by atoms with E-state index in [2.05, 4.69) is 5.32 Å². The number of carbonyl (C=O) groups excluding carboxylic acids is 2. The quantitative estimate of drug-likeness (QED) is 0.787. The Morgan fingerprint density at radius 2 is 1.83 bits per heavy atom. The topological polar surface area (TPSA) is 75.4 Å². The highest BCUT2D eigenvalue weighted by molar-refractivity contribution is 5.85. The Morgan fingerprint density at radius 3 is 2.22 bits per heavy atom. The Labute approximate surface area is 115 Å². The van der Waals surface area contributed by atoms with E-state index < -0.39 is 11.5 Å². The maximum atomic E-state index is 12.2. The number of amides is 2. The molecule has 1 rings (SSSR count). The number of hydrogen-bond donors (Lipinski definition) is 2. The molecule has 0 aromatic rings. The molecular weight excluding hydrogens is 254 g/mol. The van der Waals surface area contributed by atoms with Gasteiger partial charge in [0.05, 0.1) is 11.5 Å². The summed E-state index contributed by atoms with van der Waals surface area (Å²) < 4.78 is 0. The minimum atomic E-state index is -0.525. The summed E-state index contributed by atoms with van der Waals surface area (Å²) in [6.45, 7) is 2.05. The van der Waals surface area contributed by atoms with E-state index in [1.54, 1.807) is 25.9 Å². The number of nitrogens with two attached hydrogens (primary N) is 1. The summed E-state index contributed by atoms with van der Waals surface area (Å²) in [7, 11) is 3.52. The van der Waals surface area contributed by atoms with Crippen LogP contribution in [0.2, 0.25) is 0 Å². The second-order valence-electron chi connectivity index (χ2n) is 5.19. The molecule has 2 amide bonds. The van der Waals surface area contributed by atoms with Crippen molar-refractivity contribution < 1.29 is 9.59 Å². The largest absolute Gasteiger partial charge is 0.354 e. The van der Waals surface area contributed by atoms with Crippen LogP contribution in [0.15, 0.2) is 0 Å². The highest BCUT2D eigenvalue weighted by Gasteiger charge is 2.42. The molecule has 0 spiro atoms. The van der Waals surface area contributed by atoms with Gasteiger partial charge in [-0.2, -0.15) is 0 Å². The zero-order valence-corrected chi connectivity index (χ0v) is 12.2. The Balaban J connectivity index is 0.00000289. The van der Waals surface area contributed by atoms with Gasteiger partial charge in [-0.1, -0.05) is 12.8 Å². The van der Waals surface area contributed by atoms with E-state index in [1.165, 1.54) is 0 Å². The molecule has 0 unspecified atom stereocenters. The van der Waals surface area contributed by atoms with Crippen molar-refractivity contribution in [2.45, 2.75) is 38.6 Å². The van der Waals surface area contributed by atoms with Crippen molar-refractivity contribution in [1.82, 2.24) is 10.2 Å². The smallest absolute Gasteiger partial charge is 0.236 e. The third-order valence-corrected chi connectivity index (χ3v) is 3.44. The molecule has 0 aromatic carbocycles. The molecule has 18 heavy (non-hydrogen) atoms. The van der Waals surface area contributed by atoms with Gasteiger partial charge in [-0.3, -0.25) is 9.59 Å². The fourth-order valence-electron chi connectivity index (χ4n) is 2.41. The molecule has 106 valence electrons. The molecule has 1 aliphatic rings. The lowest BCUT2D eigenvalue weighted by Gasteiger charge is -2.31. The lowest BCUT2D eigenvalue weighted by Crippen LogP contribution is -2.49. The summed E-state index contributed by atoms with van der Waals surface area (Å²) in [5.74, 6) is -0.0807. The number of halogens is 1. The van der Waals surface area contributed by atoms with Crippen LogP contribution in [0.5, 0.6) is 0 Å². The molecule has 5 nitrogen and oxygen atoms in total. The molecule has 1 aliphatic carbocycles. The zero-order valence-electron chi connectivity index (χ0n) is 11.4. The lowest BCUT2D eigenvalue weighted by molar-refractivity contribution is -0.139. The molecule has 1 fully saturated rings. The Kier molecular flexibility index (Phi) is 6.63. The monoisotopic (exact) mass is 277 g/mol. The summed E-state index contributed by atoms with van der Waals surface area (Å²) in [6.07, 6.45) is 3.80. The van der Waals surface area contributed by atoms with Gasteiger partial charge in [-0.05, 0) is 19.8 Å². The van der Waals surface area contributed by atoms with E-state index in [-0.39, 0.29) is 24.2 Å². The number of hydrogen-bond acceptors (Lipinski definition) is 3. The number of nitrogens with one attached hydrogen (secondary N) is 1. The standard InChI is InChI=1S/C12H23N3O2.ClH/c1-9(13)10(16)14-8-12(6-4-5-7-12)11(17)15(2)3;/h9H,4-8,13H2,1-3H3,(H,14,16);1H/t9-;/m0./s1. The minimum absolute atomic E-state index is 0. The van der Waals surface area contributed by atoms with Crippen LogP contribution < -0.4 is 11.1 Å². The second-order valence-corrected chi connectivity index (χ2v) is 5.19. The molecule has 0 aliphatic heterocycles. The Bertz CT molecular complexity index is 300. The lowest BCUT2D eigenvalue weighted by atomic mass is 9.84. The van der Waals surface area contributed by atoms with Crippen LogP contribution in [-0.4, -0.2) is 43.4 Å². The molecule has 1 saturated carbocycles.